The van der Waals surface area contributed by atoms with E-state index in [0.29, 0.717) is 0 Å². The number of hydrogen-bond donors (Lipinski definition) is 1. The third kappa shape index (κ3) is 2.64. The molecule has 0 saturated carbocycles. The van der Waals surface area contributed by atoms with Crippen LogP contribution in [0.5, 0.6) is 0 Å². The van der Waals surface area contributed by atoms with Crippen molar-refractivity contribution in [2.24, 2.45) is 0 Å². The lowest BCUT2D eigenvalue weighted by molar-refractivity contribution is 1.14. The van der Waals surface area contributed by atoms with Crippen LogP contribution in [0.1, 0.15) is 16.8 Å². The van der Waals surface area contributed by atoms with Crippen LogP contribution in [0.2, 0.25) is 0 Å². The monoisotopic (exact) mass is 262 g/mol. The molecule has 2 nitrogen and oxygen atoms in total. The standard InChI is InChI=1S/C18H18N2/c1-13-8-9-17-16(10-13)18(11-14(2)20-17)19-12-15-6-4-3-5-7-15/h3-11H,12H2,1-2H3,(H,19,20). The van der Waals surface area contributed by atoms with E-state index in [1.54, 1.807) is 0 Å². The Morgan fingerprint density at radius 2 is 1.75 bits per heavy atom. The van der Waals surface area contributed by atoms with Gasteiger partial charge in [-0.2, -0.15) is 0 Å². The third-order valence-corrected chi connectivity index (χ3v) is 3.42. The minimum absolute atomic E-state index is 0.827. The number of benzene rings is 2. The molecule has 0 fully saturated rings. The molecule has 100 valence electrons. The number of aryl methyl sites for hydroxylation is 2. The molecule has 0 spiro atoms. The van der Waals surface area contributed by atoms with Gasteiger partial charge in [0, 0.05) is 23.3 Å². The van der Waals surface area contributed by atoms with Gasteiger partial charge >= 0.3 is 0 Å². The van der Waals surface area contributed by atoms with Crippen LogP contribution >= 0.6 is 0 Å². The van der Waals surface area contributed by atoms with Crippen LogP contribution in [-0.4, -0.2) is 4.98 Å². The Hall–Kier alpha value is -2.35. The summed E-state index contributed by atoms with van der Waals surface area (Å²) in [5, 5.41) is 4.72. The molecule has 0 saturated heterocycles. The molecule has 0 radical (unpaired) electrons. The summed E-state index contributed by atoms with van der Waals surface area (Å²) in [7, 11) is 0. The first kappa shape index (κ1) is 12.7. The quantitative estimate of drug-likeness (QED) is 0.753. The van der Waals surface area contributed by atoms with Gasteiger partial charge in [0.1, 0.15) is 0 Å². The molecule has 0 aliphatic heterocycles. The lowest BCUT2D eigenvalue weighted by Crippen LogP contribution is -2.01. The summed E-state index contributed by atoms with van der Waals surface area (Å²) in [6.07, 6.45) is 0. The SMILES string of the molecule is Cc1ccc2nc(C)cc(NCc3ccccc3)c2c1. The molecule has 0 atom stereocenters. The topological polar surface area (TPSA) is 24.9 Å². The van der Waals surface area contributed by atoms with Gasteiger partial charge in [0.25, 0.3) is 0 Å². The average Bonchev–Trinajstić information content (AvgIpc) is 2.46. The zero-order valence-electron chi connectivity index (χ0n) is 11.9. The predicted octanol–water partition coefficient (Wildman–Crippen LogP) is 4.46. The smallest absolute Gasteiger partial charge is 0.0726 e. The minimum atomic E-state index is 0.827. The maximum absolute atomic E-state index is 4.59. The van der Waals surface area contributed by atoms with Gasteiger partial charge in [-0.3, -0.25) is 4.98 Å². The van der Waals surface area contributed by atoms with Crippen molar-refractivity contribution in [1.82, 2.24) is 4.98 Å². The molecule has 0 unspecified atom stereocenters. The highest BCUT2D eigenvalue weighted by Crippen LogP contribution is 2.24. The summed E-state index contributed by atoms with van der Waals surface area (Å²) in [4.78, 5) is 4.59. The Morgan fingerprint density at radius 1 is 0.950 bits per heavy atom. The largest absolute Gasteiger partial charge is 0.380 e. The summed E-state index contributed by atoms with van der Waals surface area (Å²) in [6, 6.07) is 18.9. The van der Waals surface area contributed by atoms with E-state index in [-0.39, 0.29) is 0 Å². The van der Waals surface area contributed by atoms with Crippen LogP contribution in [0.15, 0.2) is 54.6 Å². The van der Waals surface area contributed by atoms with Crippen molar-refractivity contribution in [3.05, 3.63) is 71.4 Å². The molecule has 1 N–H and O–H groups in total. The summed E-state index contributed by atoms with van der Waals surface area (Å²) >= 11 is 0. The molecule has 3 aromatic rings. The van der Waals surface area contributed by atoms with Crippen molar-refractivity contribution in [3.63, 3.8) is 0 Å². The minimum Gasteiger partial charge on any atom is -0.380 e. The van der Waals surface area contributed by atoms with E-state index in [9.17, 15) is 0 Å². The van der Waals surface area contributed by atoms with Gasteiger partial charge < -0.3 is 5.32 Å². The molecule has 0 bridgehead atoms. The van der Waals surface area contributed by atoms with Crippen LogP contribution in [-0.2, 0) is 6.54 Å². The maximum atomic E-state index is 4.59. The van der Waals surface area contributed by atoms with Crippen LogP contribution in [0, 0.1) is 13.8 Å². The highest BCUT2D eigenvalue weighted by atomic mass is 14.9. The summed E-state index contributed by atoms with van der Waals surface area (Å²) in [5.41, 5.74) is 5.77. The van der Waals surface area contributed by atoms with E-state index in [0.717, 1.165) is 23.4 Å². The Balaban J connectivity index is 1.96. The molecule has 3 rings (SSSR count). The maximum Gasteiger partial charge on any atom is 0.0726 e. The fourth-order valence-electron chi connectivity index (χ4n) is 2.41. The van der Waals surface area contributed by atoms with Crippen LogP contribution in [0.25, 0.3) is 10.9 Å². The molecule has 0 amide bonds. The van der Waals surface area contributed by atoms with Crippen molar-refractivity contribution in [3.8, 4) is 0 Å². The Kier molecular flexibility index (Phi) is 3.38. The molecule has 0 aliphatic rings. The fourth-order valence-corrected chi connectivity index (χ4v) is 2.41. The zero-order valence-corrected chi connectivity index (χ0v) is 11.9. The number of hydrogen-bond acceptors (Lipinski definition) is 2. The highest BCUT2D eigenvalue weighted by molar-refractivity contribution is 5.91. The van der Waals surface area contributed by atoms with Gasteiger partial charge in [0.2, 0.25) is 0 Å². The van der Waals surface area contributed by atoms with E-state index < -0.39 is 0 Å². The number of fused-ring (bicyclic) bond motifs is 1. The normalized spacial score (nSPS) is 10.7. The molecular formula is C18H18N2. The van der Waals surface area contributed by atoms with Gasteiger partial charge in [-0.15, -0.1) is 0 Å². The summed E-state index contributed by atoms with van der Waals surface area (Å²) in [6.45, 7) is 4.97. The molecule has 2 heteroatoms. The molecule has 0 aliphatic carbocycles. The third-order valence-electron chi connectivity index (χ3n) is 3.42. The molecule has 1 heterocycles. The van der Waals surface area contributed by atoms with Gasteiger partial charge in [-0.25, -0.2) is 0 Å². The number of nitrogens with one attached hydrogen (secondary N) is 1. The zero-order chi connectivity index (χ0) is 13.9. The lowest BCUT2D eigenvalue weighted by atomic mass is 10.1. The summed E-state index contributed by atoms with van der Waals surface area (Å²) < 4.78 is 0. The van der Waals surface area contributed by atoms with Crippen LogP contribution in [0.4, 0.5) is 5.69 Å². The fraction of sp³-hybridized carbons (Fsp3) is 0.167. The van der Waals surface area contributed by atoms with Crippen molar-refractivity contribution < 1.29 is 0 Å². The summed E-state index contributed by atoms with van der Waals surface area (Å²) in [5.74, 6) is 0. The highest BCUT2D eigenvalue weighted by Gasteiger charge is 2.04. The second-order valence-electron chi connectivity index (χ2n) is 5.17. The van der Waals surface area contributed by atoms with Gasteiger partial charge in [-0.1, -0.05) is 42.0 Å². The number of anilines is 1. The van der Waals surface area contributed by atoms with Gasteiger partial charge in [-0.05, 0) is 37.6 Å². The molecule has 1 aromatic heterocycles. The van der Waals surface area contributed by atoms with E-state index in [2.05, 4.69) is 65.8 Å². The Morgan fingerprint density at radius 3 is 2.55 bits per heavy atom. The molecule has 2 aromatic carbocycles. The Labute approximate surface area is 119 Å². The van der Waals surface area contributed by atoms with E-state index in [1.165, 1.54) is 16.5 Å². The second kappa shape index (κ2) is 5.33. The first-order chi connectivity index (χ1) is 9.72. The number of nitrogens with zero attached hydrogens (tertiary/aromatic N) is 1. The van der Waals surface area contributed by atoms with Crippen molar-refractivity contribution >= 4 is 16.6 Å². The lowest BCUT2D eigenvalue weighted by Gasteiger charge is -2.11. The van der Waals surface area contributed by atoms with Gasteiger partial charge in [0.15, 0.2) is 0 Å². The van der Waals surface area contributed by atoms with Crippen molar-refractivity contribution in [1.29, 1.82) is 0 Å². The van der Waals surface area contributed by atoms with Crippen molar-refractivity contribution in [2.45, 2.75) is 20.4 Å². The Bertz CT molecular complexity index is 733. The number of aromatic nitrogens is 1. The predicted molar refractivity (Wildman–Crippen MR) is 85.0 cm³/mol. The van der Waals surface area contributed by atoms with E-state index >= 15 is 0 Å². The number of pyridine rings is 1. The van der Waals surface area contributed by atoms with Gasteiger partial charge in [0.05, 0.1) is 5.52 Å². The van der Waals surface area contributed by atoms with E-state index in [4.69, 9.17) is 0 Å². The average molecular weight is 262 g/mol. The van der Waals surface area contributed by atoms with Crippen LogP contribution in [0.3, 0.4) is 0 Å². The van der Waals surface area contributed by atoms with Crippen molar-refractivity contribution in [2.75, 3.05) is 5.32 Å². The molecule has 20 heavy (non-hydrogen) atoms. The number of rotatable bonds is 3. The van der Waals surface area contributed by atoms with Crippen LogP contribution < -0.4 is 5.32 Å². The molecular weight excluding hydrogens is 244 g/mol. The first-order valence-electron chi connectivity index (χ1n) is 6.88. The second-order valence-corrected chi connectivity index (χ2v) is 5.17. The van der Waals surface area contributed by atoms with E-state index in [1.807, 2.05) is 13.0 Å². The first-order valence-corrected chi connectivity index (χ1v) is 6.88.